The summed E-state index contributed by atoms with van der Waals surface area (Å²) in [6.07, 6.45) is -2.70. The molecule has 0 unspecified atom stereocenters. The average molecular weight is 504 g/mol. The number of H-pyrrole nitrogens is 1. The monoisotopic (exact) mass is 504 g/mol. The zero-order valence-corrected chi connectivity index (χ0v) is 19.2. The van der Waals surface area contributed by atoms with Crippen molar-refractivity contribution in [1.82, 2.24) is 15.0 Å². The van der Waals surface area contributed by atoms with Crippen LogP contribution >= 0.6 is 0 Å². The molecule has 0 aliphatic carbocycles. The van der Waals surface area contributed by atoms with Crippen LogP contribution in [-0.4, -0.2) is 33.0 Å². The lowest BCUT2D eigenvalue weighted by Gasteiger charge is -2.09. The lowest BCUT2D eigenvalue weighted by Crippen LogP contribution is -2.17. The first-order valence-corrected chi connectivity index (χ1v) is 11.3. The molecule has 0 aliphatic rings. The quantitative estimate of drug-likeness (QED) is 0.262. The Morgan fingerprint density at radius 2 is 1.70 bits per heavy atom. The van der Waals surface area contributed by atoms with Crippen LogP contribution in [0.5, 0.6) is 5.75 Å². The van der Waals surface area contributed by atoms with Crippen LogP contribution in [0.4, 0.5) is 19.1 Å². The van der Waals surface area contributed by atoms with Crippen LogP contribution in [0.15, 0.2) is 79.0 Å². The van der Waals surface area contributed by atoms with Gasteiger partial charge in [0, 0.05) is 23.6 Å². The van der Waals surface area contributed by atoms with E-state index in [1.54, 1.807) is 30.5 Å². The third-order valence-electron chi connectivity index (χ3n) is 5.71. The summed E-state index contributed by atoms with van der Waals surface area (Å²) in [4.78, 5) is 37.3. The van der Waals surface area contributed by atoms with Gasteiger partial charge < -0.3 is 9.72 Å². The number of hydrogen-bond donors (Lipinski definition) is 2. The summed E-state index contributed by atoms with van der Waals surface area (Å²) in [7, 11) is 0. The lowest BCUT2D eigenvalue weighted by molar-refractivity contribution is -0.274. The van der Waals surface area contributed by atoms with Gasteiger partial charge in [0.05, 0.1) is 5.52 Å². The highest BCUT2D eigenvalue weighted by Gasteiger charge is 2.31. The molecular formula is C27H19F3N4O3. The molecular weight excluding hydrogens is 485 g/mol. The summed E-state index contributed by atoms with van der Waals surface area (Å²) in [6, 6.07) is 19.7. The van der Waals surface area contributed by atoms with Crippen LogP contribution in [0.25, 0.3) is 21.8 Å². The summed E-state index contributed by atoms with van der Waals surface area (Å²) in [6.45, 7) is 0. The predicted molar refractivity (Wildman–Crippen MR) is 132 cm³/mol. The van der Waals surface area contributed by atoms with Crippen LogP contribution in [-0.2, 0) is 6.42 Å². The Morgan fingerprint density at radius 3 is 2.46 bits per heavy atom. The number of aromatic amines is 1. The van der Waals surface area contributed by atoms with E-state index in [-0.39, 0.29) is 29.6 Å². The SMILES string of the molecule is O=C(Nc1nc2c(C(=O)CCc3ccc(OC(F)(F)F)cc3)cccc2[nH]1)c1cc2ccccc2cn1. The molecule has 0 saturated carbocycles. The van der Waals surface area contributed by atoms with E-state index in [2.05, 4.69) is 25.0 Å². The molecule has 7 nitrogen and oxygen atoms in total. The molecule has 5 rings (SSSR count). The number of aromatic nitrogens is 3. The Hall–Kier alpha value is -4.73. The van der Waals surface area contributed by atoms with Gasteiger partial charge in [-0.3, -0.25) is 19.9 Å². The molecule has 0 bridgehead atoms. The average Bonchev–Trinajstić information content (AvgIpc) is 3.29. The predicted octanol–water partition coefficient (Wildman–Crippen LogP) is 6.08. The van der Waals surface area contributed by atoms with Crippen molar-refractivity contribution in [3.8, 4) is 5.75 Å². The number of hydrogen-bond acceptors (Lipinski definition) is 5. The second kappa shape index (κ2) is 9.73. The molecule has 186 valence electrons. The third-order valence-corrected chi connectivity index (χ3v) is 5.71. The van der Waals surface area contributed by atoms with Crippen molar-refractivity contribution in [2.45, 2.75) is 19.2 Å². The molecule has 5 aromatic rings. The third kappa shape index (κ3) is 5.58. The van der Waals surface area contributed by atoms with Crippen LogP contribution in [0.3, 0.4) is 0 Å². The van der Waals surface area contributed by atoms with Crippen LogP contribution in [0.2, 0.25) is 0 Å². The molecule has 2 aromatic heterocycles. The number of pyridine rings is 1. The Kier molecular flexibility index (Phi) is 6.31. The highest BCUT2D eigenvalue weighted by Crippen LogP contribution is 2.24. The molecule has 3 aromatic carbocycles. The number of halogens is 3. The van der Waals surface area contributed by atoms with Gasteiger partial charge >= 0.3 is 6.36 Å². The van der Waals surface area contributed by atoms with Gasteiger partial charge in [-0.25, -0.2) is 4.98 Å². The van der Waals surface area contributed by atoms with Crippen molar-refractivity contribution in [2.24, 2.45) is 0 Å². The molecule has 0 aliphatic heterocycles. The molecule has 1 amide bonds. The van der Waals surface area contributed by atoms with Gasteiger partial charge in [0.15, 0.2) is 5.78 Å². The van der Waals surface area contributed by atoms with Crippen molar-refractivity contribution in [3.05, 3.63) is 95.8 Å². The van der Waals surface area contributed by atoms with Crippen LogP contribution in [0.1, 0.15) is 32.8 Å². The van der Waals surface area contributed by atoms with E-state index < -0.39 is 12.3 Å². The number of carbonyl (C=O) groups is 2. The number of anilines is 1. The topological polar surface area (TPSA) is 97.0 Å². The fourth-order valence-corrected chi connectivity index (χ4v) is 3.95. The number of Topliss-reactive ketones (excluding diaryl/α,β-unsaturated/α-hetero) is 1. The number of ether oxygens (including phenoxy) is 1. The zero-order valence-electron chi connectivity index (χ0n) is 19.2. The van der Waals surface area contributed by atoms with Gasteiger partial charge in [0.1, 0.15) is 17.0 Å². The fourth-order valence-electron chi connectivity index (χ4n) is 3.95. The number of para-hydroxylation sites is 1. The van der Waals surface area contributed by atoms with Gasteiger partial charge in [-0.15, -0.1) is 13.2 Å². The van der Waals surface area contributed by atoms with Crippen molar-refractivity contribution < 1.29 is 27.5 Å². The zero-order chi connectivity index (χ0) is 26.0. The maximum atomic E-state index is 12.9. The Morgan fingerprint density at radius 1 is 0.946 bits per heavy atom. The smallest absolute Gasteiger partial charge is 0.406 e. The number of aryl methyl sites for hydroxylation is 1. The molecule has 37 heavy (non-hydrogen) atoms. The van der Waals surface area contributed by atoms with E-state index in [0.29, 0.717) is 28.6 Å². The second-order valence-electron chi connectivity index (χ2n) is 8.27. The van der Waals surface area contributed by atoms with Gasteiger partial charge in [0.2, 0.25) is 5.95 Å². The number of nitrogens with zero attached hydrogens (tertiary/aromatic N) is 2. The van der Waals surface area contributed by atoms with E-state index in [4.69, 9.17) is 0 Å². The first kappa shape index (κ1) is 24.0. The minimum Gasteiger partial charge on any atom is -0.406 e. The maximum absolute atomic E-state index is 12.9. The highest BCUT2D eigenvalue weighted by atomic mass is 19.4. The molecule has 0 spiro atoms. The number of amides is 1. The van der Waals surface area contributed by atoms with Crippen LogP contribution in [0, 0.1) is 0 Å². The standard InChI is InChI=1S/C27H19F3N4O3/c28-27(29,30)37-19-11-8-16(9-12-19)10-13-23(35)20-6-3-7-21-24(20)33-26(32-21)34-25(36)22-14-17-4-1-2-5-18(17)15-31-22/h1-9,11-12,14-15H,10,13H2,(H2,32,33,34,36). The largest absolute Gasteiger partial charge is 0.573 e. The van der Waals surface area contributed by atoms with Crippen molar-refractivity contribution in [1.29, 1.82) is 0 Å². The van der Waals surface area contributed by atoms with E-state index in [0.717, 1.165) is 10.8 Å². The molecule has 10 heteroatoms. The summed E-state index contributed by atoms with van der Waals surface area (Å²) in [5, 5.41) is 4.48. The summed E-state index contributed by atoms with van der Waals surface area (Å²) >= 11 is 0. The minimum atomic E-state index is -4.76. The summed E-state index contributed by atoms with van der Waals surface area (Å²) in [5.41, 5.74) is 2.26. The molecule has 2 heterocycles. The van der Waals surface area contributed by atoms with Crippen molar-refractivity contribution in [2.75, 3.05) is 5.32 Å². The number of imidazole rings is 1. The first-order valence-electron chi connectivity index (χ1n) is 11.3. The fraction of sp³-hybridized carbons (Fsp3) is 0.111. The Labute approximate surface area is 208 Å². The number of fused-ring (bicyclic) bond motifs is 2. The van der Waals surface area contributed by atoms with Crippen molar-refractivity contribution >= 4 is 39.4 Å². The van der Waals surface area contributed by atoms with Crippen LogP contribution < -0.4 is 10.1 Å². The molecule has 0 saturated heterocycles. The number of nitrogens with one attached hydrogen (secondary N) is 2. The van der Waals surface area contributed by atoms with Gasteiger partial charge in [-0.1, -0.05) is 42.5 Å². The van der Waals surface area contributed by atoms with E-state index in [1.807, 2.05) is 24.3 Å². The van der Waals surface area contributed by atoms with Gasteiger partial charge in [-0.05, 0) is 47.7 Å². The summed E-state index contributed by atoms with van der Waals surface area (Å²) in [5.74, 6) is -0.787. The van der Waals surface area contributed by atoms with E-state index in [9.17, 15) is 22.8 Å². The normalized spacial score (nSPS) is 11.5. The number of ketones is 1. The number of carbonyl (C=O) groups excluding carboxylic acids is 2. The van der Waals surface area contributed by atoms with E-state index in [1.165, 1.54) is 24.3 Å². The number of rotatable bonds is 7. The molecule has 0 atom stereocenters. The second-order valence-corrected chi connectivity index (χ2v) is 8.27. The van der Waals surface area contributed by atoms with Gasteiger partial charge in [-0.2, -0.15) is 0 Å². The summed E-state index contributed by atoms with van der Waals surface area (Å²) < 4.78 is 40.8. The maximum Gasteiger partial charge on any atom is 0.573 e. The Balaban J connectivity index is 1.28. The molecule has 0 fully saturated rings. The highest BCUT2D eigenvalue weighted by molar-refractivity contribution is 6.08. The molecule has 2 N–H and O–H groups in total. The van der Waals surface area contributed by atoms with E-state index >= 15 is 0 Å². The molecule has 0 radical (unpaired) electrons. The lowest BCUT2D eigenvalue weighted by atomic mass is 10.0. The first-order chi connectivity index (χ1) is 17.7. The minimum absolute atomic E-state index is 0.119. The van der Waals surface area contributed by atoms with Crippen molar-refractivity contribution in [3.63, 3.8) is 0 Å². The Bertz CT molecular complexity index is 1610. The number of alkyl halides is 3. The number of benzene rings is 3. The van der Waals surface area contributed by atoms with Gasteiger partial charge in [0.25, 0.3) is 5.91 Å².